The number of ether oxygens (including phenoxy) is 3. The van der Waals surface area contributed by atoms with Gasteiger partial charge in [0.2, 0.25) is 0 Å². The maximum absolute atomic E-state index is 14.0. The van der Waals surface area contributed by atoms with Crippen molar-refractivity contribution >= 4 is 7.85 Å². The number of hydrogen-bond donors (Lipinski definition) is 0. The van der Waals surface area contributed by atoms with E-state index in [9.17, 15) is 8.78 Å². The average molecular weight is 266 g/mol. The van der Waals surface area contributed by atoms with Crippen molar-refractivity contribution in [1.82, 2.24) is 0 Å². The molecule has 0 amide bonds. The normalized spacial score (nSPS) is 37.6. The lowest BCUT2D eigenvalue weighted by Crippen LogP contribution is -2.58. The Kier molecular flexibility index (Phi) is 3.33. The molecular formula is C13H13BF2O3. The highest BCUT2D eigenvalue weighted by Crippen LogP contribution is 2.43. The van der Waals surface area contributed by atoms with Crippen molar-refractivity contribution in [2.45, 2.75) is 30.2 Å². The number of hydrogen-bond acceptors (Lipinski definition) is 3. The molecule has 0 spiro atoms. The summed E-state index contributed by atoms with van der Waals surface area (Å²) in [6, 6.07) is 8.98. The van der Waals surface area contributed by atoms with Crippen molar-refractivity contribution in [3.8, 4) is 0 Å². The summed E-state index contributed by atoms with van der Waals surface area (Å²) in [6.45, 7) is -0.108. The lowest BCUT2D eigenvalue weighted by Gasteiger charge is -2.45. The first-order valence-electron chi connectivity index (χ1n) is 6.16. The molecule has 1 unspecified atom stereocenters. The van der Waals surface area contributed by atoms with E-state index in [0.29, 0.717) is 5.56 Å². The van der Waals surface area contributed by atoms with Gasteiger partial charge in [0.25, 0.3) is 5.92 Å². The van der Waals surface area contributed by atoms with Crippen molar-refractivity contribution in [2.75, 3.05) is 13.2 Å². The predicted molar refractivity (Wildman–Crippen MR) is 64.2 cm³/mol. The van der Waals surface area contributed by atoms with Gasteiger partial charge in [-0.25, -0.2) is 8.78 Å². The monoisotopic (exact) mass is 266 g/mol. The van der Waals surface area contributed by atoms with Gasteiger partial charge in [-0.15, -0.1) is 0 Å². The van der Waals surface area contributed by atoms with Gasteiger partial charge in [0.1, 0.15) is 6.10 Å². The molecule has 0 N–H and O–H groups in total. The van der Waals surface area contributed by atoms with Crippen LogP contribution in [0.1, 0.15) is 11.9 Å². The van der Waals surface area contributed by atoms with Crippen LogP contribution in [-0.2, 0) is 14.2 Å². The van der Waals surface area contributed by atoms with Crippen molar-refractivity contribution in [3.63, 3.8) is 0 Å². The van der Waals surface area contributed by atoms with E-state index in [0.717, 1.165) is 0 Å². The average Bonchev–Trinajstić information content (AvgIpc) is 2.44. The summed E-state index contributed by atoms with van der Waals surface area (Å²) in [5.74, 6) is -4.46. The SMILES string of the molecule is [B][C@@H]1CO[C@@H]2CO[C@@H](c3ccccc3)OC2C1(F)F. The van der Waals surface area contributed by atoms with E-state index in [1.807, 2.05) is 6.07 Å². The number of fused-ring (bicyclic) bond motifs is 1. The van der Waals surface area contributed by atoms with Crippen LogP contribution < -0.4 is 0 Å². The molecule has 0 saturated carbocycles. The highest BCUT2D eigenvalue weighted by Gasteiger charge is 2.55. The minimum atomic E-state index is -3.11. The standard InChI is InChI=1S/C13H13BF2O3/c14-10-7-17-9-6-18-12(8-4-2-1-3-5-8)19-11(9)13(10,15)16/h1-5,9-12H,6-7H2/t9-,10-,11?,12-/m1/s1. The Bertz CT molecular complexity index is 443. The third-order valence-corrected chi connectivity index (χ3v) is 3.46. The molecule has 3 nitrogen and oxygen atoms in total. The van der Waals surface area contributed by atoms with Gasteiger partial charge in [0.05, 0.1) is 14.5 Å². The van der Waals surface area contributed by atoms with Crippen LogP contribution in [0.25, 0.3) is 0 Å². The van der Waals surface area contributed by atoms with Crippen molar-refractivity contribution in [3.05, 3.63) is 35.9 Å². The first-order chi connectivity index (χ1) is 9.09. The van der Waals surface area contributed by atoms with Crippen LogP contribution in [-0.4, -0.2) is 39.2 Å². The van der Waals surface area contributed by atoms with Gasteiger partial charge in [0, 0.05) is 18.0 Å². The van der Waals surface area contributed by atoms with Crippen LogP contribution in [0, 0.1) is 0 Å². The molecule has 100 valence electrons. The van der Waals surface area contributed by atoms with E-state index < -0.39 is 30.2 Å². The molecule has 1 aromatic rings. The van der Waals surface area contributed by atoms with Gasteiger partial charge in [-0.1, -0.05) is 30.3 Å². The summed E-state index contributed by atoms with van der Waals surface area (Å²) < 4.78 is 44.2. The van der Waals surface area contributed by atoms with Crippen LogP contribution in [0.3, 0.4) is 0 Å². The first-order valence-corrected chi connectivity index (χ1v) is 6.16. The van der Waals surface area contributed by atoms with E-state index in [1.165, 1.54) is 0 Å². The second kappa shape index (κ2) is 4.85. The zero-order valence-corrected chi connectivity index (χ0v) is 10.2. The van der Waals surface area contributed by atoms with E-state index in [1.54, 1.807) is 24.3 Å². The van der Waals surface area contributed by atoms with Crippen LogP contribution in [0.4, 0.5) is 8.78 Å². The molecule has 19 heavy (non-hydrogen) atoms. The molecule has 2 radical (unpaired) electrons. The van der Waals surface area contributed by atoms with E-state index in [2.05, 4.69) is 0 Å². The number of rotatable bonds is 1. The Morgan fingerprint density at radius 2 is 1.84 bits per heavy atom. The summed E-state index contributed by atoms with van der Waals surface area (Å²) in [6.07, 6.45) is -2.94. The molecule has 2 fully saturated rings. The topological polar surface area (TPSA) is 27.7 Å². The van der Waals surface area contributed by atoms with Crippen LogP contribution >= 0.6 is 0 Å². The Balaban J connectivity index is 1.81. The summed E-state index contributed by atoms with van der Waals surface area (Å²) in [4.78, 5) is 0. The molecule has 0 aliphatic carbocycles. The second-order valence-corrected chi connectivity index (χ2v) is 4.79. The van der Waals surface area contributed by atoms with Crippen molar-refractivity contribution in [1.29, 1.82) is 0 Å². The van der Waals surface area contributed by atoms with Crippen LogP contribution in [0.2, 0.25) is 5.82 Å². The predicted octanol–water partition coefficient (Wildman–Crippen LogP) is 2.09. The second-order valence-electron chi connectivity index (χ2n) is 4.79. The van der Waals surface area contributed by atoms with Gasteiger partial charge >= 0.3 is 0 Å². The van der Waals surface area contributed by atoms with E-state index >= 15 is 0 Å². The Morgan fingerprint density at radius 1 is 1.11 bits per heavy atom. The fourth-order valence-electron chi connectivity index (χ4n) is 2.34. The summed E-state index contributed by atoms with van der Waals surface area (Å²) in [5.41, 5.74) is 0.705. The first kappa shape index (κ1) is 13.0. The zero-order valence-electron chi connectivity index (χ0n) is 10.2. The Morgan fingerprint density at radius 3 is 2.58 bits per heavy atom. The maximum atomic E-state index is 14.0. The highest BCUT2D eigenvalue weighted by molar-refractivity contribution is 6.12. The zero-order chi connectivity index (χ0) is 13.5. The van der Waals surface area contributed by atoms with E-state index in [4.69, 9.17) is 22.1 Å². The summed E-state index contributed by atoms with van der Waals surface area (Å²) in [7, 11) is 5.41. The van der Waals surface area contributed by atoms with Crippen LogP contribution in [0.5, 0.6) is 0 Å². The third kappa shape index (κ3) is 2.28. The van der Waals surface area contributed by atoms with Gasteiger partial charge in [0.15, 0.2) is 12.4 Å². The molecule has 0 bridgehead atoms. The summed E-state index contributed by atoms with van der Waals surface area (Å²) in [5, 5.41) is 0. The lowest BCUT2D eigenvalue weighted by atomic mass is 9.77. The molecule has 2 aliphatic heterocycles. The highest BCUT2D eigenvalue weighted by atomic mass is 19.3. The van der Waals surface area contributed by atoms with Crippen LogP contribution in [0.15, 0.2) is 30.3 Å². The smallest absolute Gasteiger partial charge is 0.273 e. The molecule has 6 heteroatoms. The van der Waals surface area contributed by atoms with Crippen molar-refractivity contribution in [2.24, 2.45) is 0 Å². The fourth-order valence-corrected chi connectivity index (χ4v) is 2.34. The molecule has 2 heterocycles. The molecular weight excluding hydrogens is 253 g/mol. The van der Waals surface area contributed by atoms with Gasteiger partial charge < -0.3 is 14.2 Å². The third-order valence-electron chi connectivity index (χ3n) is 3.46. The largest absolute Gasteiger partial charge is 0.373 e. The van der Waals surface area contributed by atoms with Gasteiger partial charge in [-0.3, -0.25) is 0 Å². The molecule has 0 aromatic heterocycles. The Labute approximate surface area is 111 Å². The number of benzene rings is 1. The maximum Gasteiger partial charge on any atom is 0.273 e. The van der Waals surface area contributed by atoms with E-state index in [-0.39, 0.29) is 13.2 Å². The number of halogens is 2. The molecule has 2 aliphatic rings. The lowest BCUT2D eigenvalue weighted by molar-refractivity contribution is -0.331. The Hall–Kier alpha value is -0.975. The fraction of sp³-hybridized carbons (Fsp3) is 0.538. The number of alkyl halides is 2. The van der Waals surface area contributed by atoms with Gasteiger partial charge in [-0.05, 0) is 0 Å². The van der Waals surface area contributed by atoms with Crippen molar-refractivity contribution < 1.29 is 23.0 Å². The molecule has 2 saturated heterocycles. The summed E-state index contributed by atoms with van der Waals surface area (Å²) >= 11 is 0. The molecule has 1 aromatic carbocycles. The van der Waals surface area contributed by atoms with Gasteiger partial charge in [-0.2, -0.15) is 0 Å². The quantitative estimate of drug-likeness (QED) is 0.728. The molecule has 4 atom stereocenters. The minimum absolute atomic E-state index is 0.0759. The minimum Gasteiger partial charge on any atom is -0.373 e. The molecule has 3 rings (SSSR count).